The fourth-order valence-electron chi connectivity index (χ4n) is 1.67. The number of ether oxygens (including phenoxy) is 1. The molecule has 0 heterocycles. The maximum atomic E-state index is 13.6. The minimum Gasteiger partial charge on any atom is -0.483 e. The van der Waals surface area contributed by atoms with Crippen LogP contribution in [0.15, 0.2) is 36.4 Å². The number of nitriles is 1. The van der Waals surface area contributed by atoms with Gasteiger partial charge < -0.3 is 4.74 Å². The summed E-state index contributed by atoms with van der Waals surface area (Å²) in [4.78, 5) is 10.5. The Labute approximate surface area is 114 Å². The zero-order valence-corrected chi connectivity index (χ0v) is 10.3. The highest BCUT2D eigenvalue weighted by atomic mass is 19.1. The molecule has 0 bridgehead atoms. The normalized spacial score (nSPS) is 9.85. The molecule has 0 N–H and O–H groups in total. The van der Waals surface area contributed by atoms with Gasteiger partial charge in [-0.2, -0.15) is 5.26 Å². The van der Waals surface area contributed by atoms with Crippen LogP contribution in [0.3, 0.4) is 0 Å². The summed E-state index contributed by atoms with van der Waals surface area (Å²) < 4.78 is 32.2. The summed E-state index contributed by atoms with van der Waals surface area (Å²) in [6, 6.07) is 10.3. The average molecular weight is 273 g/mol. The molecule has 2 aromatic rings. The molecule has 0 unspecified atom stereocenters. The van der Waals surface area contributed by atoms with Crippen LogP contribution in [0, 0.1) is 23.0 Å². The Morgan fingerprint density at radius 3 is 2.50 bits per heavy atom. The standard InChI is InChI=1S/C15H9F2NO2/c16-13-5-12(8-19)6-14(17)15(13)20-9-11-3-1-2-10(4-11)7-18/h1-6,8H,9H2. The first-order valence-electron chi connectivity index (χ1n) is 5.70. The first-order valence-corrected chi connectivity index (χ1v) is 5.70. The minimum absolute atomic E-state index is 0.0796. The number of aldehydes is 1. The maximum absolute atomic E-state index is 13.6. The van der Waals surface area contributed by atoms with Crippen molar-refractivity contribution >= 4 is 6.29 Å². The molecule has 0 fully saturated rings. The molecule has 100 valence electrons. The van der Waals surface area contributed by atoms with Crippen LogP contribution in [0.25, 0.3) is 0 Å². The fourth-order valence-corrected chi connectivity index (χ4v) is 1.67. The number of rotatable bonds is 4. The maximum Gasteiger partial charge on any atom is 0.191 e. The highest BCUT2D eigenvalue weighted by Crippen LogP contribution is 2.23. The minimum atomic E-state index is -0.941. The van der Waals surface area contributed by atoms with Crippen LogP contribution in [0.1, 0.15) is 21.5 Å². The van der Waals surface area contributed by atoms with Gasteiger partial charge in [-0.05, 0) is 29.8 Å². The number of hydrogen-bond donors (Lipinski definition) is 0. The third kappa shape index (κ3) is 2.98. The summed E-state index contributed by atoms with van der Waals surface area (Å²) in [5.41, 5.74) is 0.949. The third-order valence-electron chi connectivity index (χ3n) is 2.60. The van der Waals surface area contributed by atoms with Gasteiger partial charge in [0, 0.05) is 5.56 Å². The Morgan fingerprint density at radius 2 is 1.90 bits per heavy atom. The van der Waals surface area contributed by atoms with E-state index in [9.17, 15) is 13.6 Å². The van der Waals surface area contributed by atoms with Gasteiger partial charge in [0.1, 0.15) is 12.9 Å². The molecule has 0 aliphatic heterocycles. The number of benzene rings is 2. The van der Waals surface area contributed by atoms with Crippen molar-refractivity contribution in [1.82, 2.24) is 0 Å². The molecule has 0 saturated heterocycles. The summed E-state index contributed by atoms with van der Waals surface area (Å²) in [6.07, 6.45) is 0.354. The van der Waals surface area contributed by atoms with Gasteiger partial charge in [0.2, 0.25) is 0 Å². The molecule has 0 amide bonds. The number of carbonyl (C=O) groups excluding carboxylic acids is 1. The number of nitrogens with zero attached hydrogens (tertiary/aromatic N) is 1. The molecule has 5 heteroatoms. The number of halogens is 2. The molecule has 2 aromatic carbocycles. The van der Waals surface area contributed by atoms with Crippen LogP contribution in [0.4, 0.5) is 8.78 Å². The monoisotopic (exact) mass is 273 g/mol. The molecular formula is C15H9F2NO2. The number of hydrogen-bond acceptors (Lipinski definition) is 3. The second-order valence-electron chi connectivity index (χ2n) is 4.03. The Hall–Kier alpha value is -2.74. The van der Waals surface area contributed by atoms with Gasteiger partial charge in [-0.25, -0.2) is 8.78 Å². The van der Waals surface area contributed by atoms with Gasteiger partial charge >= 0.3 is 0 Å². The molecule has 2 rings (SSSR count). The predicted octanol–water partition coefficient (Wildman–Crippen LogP) is 3.23. The van der Waals surface area contributed by atoms with E-state index in [0.29, 0.717) is 17.4 Å². The van der Waals surface area contributed by atoms with Crippen molar-refractivity contribution in [3.63, 3.8) is 0 Å². The van der Waals surface area contributed by atoms with E-state index in [-0.39, 0.29) is 12.2 Å². The van der Waals surface area contributed by atoms with Crippen LogP contribution >= 0.6 is 0 Å². The van der Waals surface area contributed by atoms with Crippen LogP contribution in [0.2, 0.25) is 0 Å². The predicted molar refractivity (Wildman–Crippen MR) is 67.2 cm³/mol. The fraction of sp³-hybridized carbons (Fsp3) is 0.0667. The summed E-state index contributed by atoms with van der Waals surface area (Å²) >= 11 is 0. The van der Waals surface area contributed by atoms with E-state index < -0.39 is 17.4 Å². The average Bonchev–Trinajstić information content (AvgIpc) is 2.46. The summed E-state index contributed by atoms with van der Waals surface area (Å²) in [7, 11) is 0. The topological polar surface area (TPSA) is 50.1 Å². The molecule has 0 saturated carbocycles. The van der Waals surface area contributed by atoms with Crippen LogP contribution in [0.5, 0.6) is 5.75 Å². The molecule has 0 radical (unpaired) electrons. The van der Waals surface area contributed by atoms with E-state index in [1.165, 1.54) is 0 Å². The van der Waals surface area contributed by atoms with E-state index in [1.807, 2.05) is 6.07 Å². The summed E-state index contributed by atoms with van der Waals surface area (Å²) in [5.74, 6) is -2.43. The SMILES string of the molecule is N#Cc1cccc(COc2c(F)cc(C=O)cc2F)c1. The van der Waals surface area contributed by atoms with Crippen LogP contribution in [-0.2, 0) is 6.61 Å². The molecule has 0 aliphatic carbocycles. The molecule has 0 aliphatic rings. The second-order valence-corrected chi connectivity index (χ2v) is 4.03. The summed E-state index contributed by atoms with van der Waals surface area (Å²) in [6.45, 7) is -0.0796. The van der Waals surface area contributed by atoms with Gasteiger partial charge in [-0.1, -0.05) is 12.1 Å². The zero-order chi connectivity index (χ0) is 14.5. The van der Waals surface area contributed by atoms with Gasteiger partial charge in [0.25, 0.3) is 0 Å². The van der Waals surface area contributed by atoms with E-state index in [4.69, 9.17) is 10.00 Å². The van der Waals surface area contributed by atoms with Crippen molar-refractivity contribution in [3.8, 4) is 11.8 Å². The smallest absolute Gasteiger partial charge is 0.191 e. The van der Waals surface area contributed by atoms with Crippen molar-refractivity contribution in [1.29, 1.82) is 5.26 Å². The van der Waals surface area contributed by atoms with Gasteiger partial charge in [-0.3, -0.25) is 4.79 Å². The van der Waals surface area contributed by atoms with E-state index in [1.54, 1.807) is 24.3 Å². The van der Waals surface area contributed by atoms with Crippen molar-refractivity contribution in [2.75, 3.05) is 0 Å². The lowest BCUT2D eigenvalue weighted by molar-refractivity contribution is 0.112. The van der Waals surface area contributed by atoms with E-state index >= 15 is 0 Å². The first kappa shape index (κ1) is 13.7. The van der Waals surface area contributed by atoms with Crippen molar-refractivity contribution in [2.24, 2.45) is 0 Å². The Balaban J connectivity index is 2.19. The lowest BCUT2D eigenvalue weighted by atomic mass is 10.1. The third-order valence-corrected chi connectivity index (χ3v) is 2.60. The molecular weight excluding hydrogens is 264 g/mol. The van der Waals surface area contributed by atoms with Gasteiger partial charge in [0.15, 0.2) is 17.4 Å². The quantitative estimate of drug-likeness (QED) is 0.803. The number of carbonyl (C=O) groups is 1. The molecule has 0 spiro atoms. The Kier molecular flexibility index (Phi) is 4.06. The molecule has 3 nitrogen and oxygen atoms in total. The van der Waals surface area contributed by atoms with Crippen molar-refractivity contribution in [2.45, 2.75) is 6.61 Å². The van der Waals surface area contributed by atoms with Crippen molar-refractivity contribution in [3.05, 3.63) is 64.7 Å². The van der Waals surface area contributed by atoms with Gasteiger partial charge in [0.05, 0.1) is 11.6 Å². The molecule has 0 atom stereocenters. The van der Waals surface area contributed by atoms with E-state index in [2.05, 4.69) is 0 Å². The lowest BCUT2D eigenvalue weighted by Gasteiger charge is -2.09. The highest BCUT2D eigenvalue weighted by Gasteiger charge is 2.12. The molecule has 0 aromatic heterocycles. The highest BCUT2D eigenvalue weighted by molar-refractivity contribution is 5.75. The second kappa shape index (κ2) is 5.93. The first-order chi connectivity index (χ1) is 9.63. The summed E-state index contributed by atoms with van der Waals surface area (Å²) in [5, 5.41) is 8.75. The zero-order valence-electron chi connectivity index (χ0n) is 10.3. The van der Waals surface area contributed by atoms with Gasteiger partial charge in [-0.15, -0.1) is 0 Å². The van der Waals surface area contributed by atoms with Crippen LogP contribution in [-0.4, -0.2) is 6.29 Å². The van der Waals surface area contributed by atoms with E-state index in [0.717, 1.165) is 12.1 Å². The van der Waals surface area contributed by atoms with Crippen molar-refractivity contribution < 1.29 is 18.3 Å². The molecule has 20 heavy (non-hydrogen) atoms. The Morgan fingerprint density at radius 1 is 1.20 bits per heavy atom. The largest absolute Gasteiger partial charge is 0.483 e. The van der Waals surface area contributed by atoms with Crippen LogP contribution < -0.4 is 4.74 Å². The Bertz CT molecular complexity index is 670. The lowest BCUT2D eigenvalue weighted by Crippen LogP contribution is -2.01.